The van der Waals surface area contributed by atoms with Gasteiger partial charge in [0, 0.05) is 16.9 Å². The molecule has 1 aliphatic rings. The van der Waals surface area contributed by atoms with Crippen molar-refractivity contribution < 1.29 is 0 Å². The van der Waals surface area contributed by atoms with Gasteiger partial charge in [0.2, 0.25) is 0 Å². The Balaban J connectivity index is 0.00000145. The lowest BCUT2D eigenvalue weighted by Crippen LogP contribution is -2.56. The first-order chi connectivity index (χ1) is 13.7. The fraction of sp³-hybridized carbons (Fsp3) is 0.556. The minimum Gasteiger partial charge on any atom is -0.335 e. The van der Waals surface area contributed by atoms with Gasteiger partial charge in [-0.3, -0.25) is 0 Å². The molecule has 0 heterocycles. The van der Waals surface area contributed by atoms with Gasteiger partial charge in [0.1, 0.15) is 0 Å². The Labute approximate surface area is 179 Å². The molecule has 3 rings (SSSR count). The fourth-order valence-electron chi connectivity index (χ4n) is 4.78. The molecule has 0 unspecified atom stereocenters. The predicted molar refractivity (Wildman–Crippen MR) is 129 cm³/mol. The molecule has 2 nitrogen and oxygen atoms in total. The van der Waals surface area contributed by atoms with E-state index in [1.54, 1.807) is 0 Å². The SMILES string of the molecule is CC(C)(C)c1ccc(N(c2ccccc2)C2(C(C)(C)C)CCCCC2)cc1.CN. The van der Waals surface area contributed by atoms with E-state index >= 15 is 0 Å². The minimum absolute atomic E-state index is 0.149. The largest absolute Gasteiger partial charge is 0.335 e. The van der Waals surface area contributed by atoms with Gasteiger partial charge in [-0.25, -0.2) is 0 Å². The zero-order chi connectivity index (χ0) is 21.7. The van der Waals surface area contributed by atoms with E-state index in [9.17, 15) is 0 Å². The third kappa shape index (κ3) is 5.04. The molecule has 0 atom stereocenters. The molecule has 2 heteroatoms. The van der Waals surface area contributed by atoms with Gasteiger partial charge >= 0.3 is 0 Å². The van der Waals surface area contributed by atoms with Crippen molar-refractivity contribution in [1.82, 2.24) is 0 Å². The van der Waals surface area contributed by atoms with E-state index in [1.807, 2.05) is 0 Å². The first kappa shape index (κ1) is 23.5. The van der Waals surface area contributed by atoms with E-state index in [0.717, 1.165) is 0 Å². The highest BCUT2D eigenvalue weighted by atomic mass is 15.2. The van der Waals surface area contributed by atoms with Gasteiger partial charge in [-0.2, -0.15) is 0 Å². The lowest BCUT2D eigenvalue weighted by atomic mass is 9.64. The molecule has 2 N–H and O–H groups in total. The van der Waals surface area contributed by atoms with E-state index in [1.165, 1.54) is 56.1 Å². The summed E-state index contributed by atoms with van der Waals surface area (Å²) in [7, 11) is 1.50. The van der Waals surface area contributed by atoms with E-state index in [4.69, 9.17) is 0 Å². The summed E-state index contributed by atoms with van der Waals surface area (Å²) >= 11 is 0. The van der Waals surface area contributed by atoms with Crippen LogP contribution in [0.5, 0.6) is 0 Å². The zero-order valence-corrected chi connectivity index (χ0v) is 19.8. The predicted octanol–water partition coefficient (Wildman–Crippen LogP) is 7.45. The van der Waals surface area contributed by atoms with Crippen LogP contribution in [0.1, 0.15) is 79.2 Å². The molecule has 0 amide bonds. The number of benzene rings is 2. The maximum atomic E-state index is 4.50. The molecule has 1 saturated carbocycles. The van der Waals surface area contributed by atoms with Crippen LogP contribution in [0, 0.1) is 5.41 Å². The van der Waals surface area contributed by atoms with Crippen molar-refractivity contribution in [2.45, 2.75) is 84.6 Å². The van der Waals surface area contributed by atoms with Crippen LogP contribution in [-0.2, 0) is 5.41 Å². The molecule has 0 saturated heterocycles. The van der Waals surface area contributed by atoms with Gasteiger partial charge in [-0.15, -0.1) is 0 Å². The summed E-state index contributed by atoms with van der Waals surface area (Å²) in [5.74, 6) is 0. The van der Waals surface area contributed by atoms with Gasteiger partial charge in [-0.05, 0) is 60.5 Å². The molecule has 0 radical (unpaired) electrons. The molecule has 0 spiro atoms. The Morgan fingerprint density at radius 1 is 0.690 bits per heavy atom. The third-order valence-corrected chi connectivity index (χ3v) is 6.51. The van der Waals surface area contributed by atoms with E-state index < -0.39 is 0 Å². The van der Waals surface area contributed by atoms with Gasteiger partial charge in [0.25, 0.3) is 0 Å². The third-order valence-electron chi connectivity index (χ3n) is 6.51. The van der Waals surface area contributed by atoms with Crippen molar-refractivity contribution in [3.63, 3.8) is 0 Å². The van der Waals surface area contributed by atoms with Crippen LogP contribution in [0.2, 0.25) is 0 Å². The summed E-state index contributed by atoms with van der Waals surface area (Å²) < 4.78 is 0. The Morgan fingerprint density at radius 3 is 1.62 bits per heavy atom. The second kappa shape index (κ2) is 9.34. The number of hydrogen-bond donors (Lipinski definition) is 1. The average molecular weight is 395 g/mol. The maximum Gasteiger partial charge on any atom is 0.0499 e. The molecule has 1 aliphatic carbocycles. The molecule has 160 valence electrons. The van der Waals surface area contributed by atoms with Crippen molar-refractivity contribution in [3.05, 3.63) is 60.2 Å². The van der Waals surface area contributed by atoms with Crippen molar-refractivity contribution in [2.75, 3.05) is 11.9 Å². The first-order valence-electron chi connectivity index (χ1n) is 11.2. The highest BCUT2D eigenvalue weighted by Crippen LogP contribution is 2.51. The highest BCUT2D eigenvalue weighted by Gasteiger charge is 2.47. The molecule has 0 aliphatic heterocycles. The summed E-state index contributed by atoms with van der Waals surface area (Å²) in [6.07, 6.45) is 6.52. The van der Waals surface area contributed by atoms with Crippen LogP contribution < -0.4 is 10.6 Å². The summed E-state index contributed by atoms with van der Waals surface area (Å²) in [6, 6.07) is 20.4. The summed E-state index contributed by atoms with van der Waals surface area (Å²) in [5, 5.41) is 0. The van der Waals surface area contributed by atoms with Crippen molar-refractivity contribution >= 4 is 11.4 Å². The highest BCUT2D eigenvalue weighted by molar-refractivity contribution is 5.67. The Kier molecular flexibility index (Phi) is 7.56. The minimum atomic E-state index is 0.149. The molecule has 0 aromatic heterocycles. The van der Waals surface area contributed by atoms with Gasteiger partial charge in [-0.1, -0.05) is 91.1 Å². The molecule has 29 heavy (non-hydrogen) atoms. The topological polar surface area (TPSA) is 29.3 Å². The fourth-order valence-corrected chi connectivity index (χ4v) is 4.78. The second-order valence-corrected chi connectivity index (χ2v) is 10.3. The first-order valence-corrected chi connectivity index (χ1v) is 11.2. The van der Waals surface area contributed by atoms with Gasteiger partial charge < -0.3 is 10.6 Å². The standard InChI is InChI=1S/C26H37N.CH5N/c1-24(2,3)21-15-17-23(18-16-21)27(22-13-9-7-10-14-22)26(25(4,5)6)19-11-8-12-20-26;1-2/h7,9-10,13-18H,8,11-12,19-20H2,1-6H3;2H2,1H3. The van der Waals surface area contributed by atoms with Crippen LogP contribution in [0.25, 0.3) is 0 Å². The monoisotopic (exact) mass is 394 g/mol. The van der Waals surface area contributed by atoms with Crippen LogP contribution in [0.3, 0.4) is 0 Å². The molecule has 2 aromatic carbocycles. The summed E-state index contributed by atoms with van der Waals surface area (Å²) in [6.45, 7) is 14.1. The van der Waals surface area contributed by atoms with Crippen molar-refractivity contribution in [3.8, 4) is 0 Å². The van der Waals surface area contributed by atoms with Crippen molar-refractivity contribution in [2.24, 2.45) is 11.1 Å². The second-order valence-electron chi connectivity index (χ2n) is 10.3. The van der Waals surface area contributed by atoms with Crippen LogP contribution in [-0.4, -0.2) is 12.6 Å². The Hall–Kier alpha value is -1.80. The number of nitrogens with two attached hydrogens (primary N) is 1. The smallest absolute Gasteiger partial charge is 0.0499 e. The van der Waals surface area contributed by atoms with Crippen LogP contribution >= 0.6 is 0 Å². The number of para-hydroxylation sites is 1. The summed E-state index contributed by atoms with van der Waals surface area (Å²) in [4.78, 5) is 2.67. The van der Waals surface area contributed by atoms with E-state index in [-0.39, 0.29) is 16.4 Å². The Morgan fingerprint density at radius 2 is 1.17 bits per heavy atom. The zero-order valence-electron chi connectivity index (χ0n) is 19.8. The molecule has 0 bridgehead atoms. The summed E-state index contributed by atoms with van der Waals surface area (Å²) in [5.41, 5.74) is 9.07. The molecule has 1 fully saturated rings. The lowest BCUT2D eigenvalue weighted by molar-refractivity contribution is 0.132. The average Bonchev–Trinajstić information content (AvgIpc) is 2.70. The van der Waals surface area contributed by atoms with Gasteiger partial charge in [0.05, 0.1) is 0 Å². The number of hydrogen-bond acceptors (Lipinski definition) is 2. The van der Waals surface area contributed by atoms with Gasteiger partial charge in [0.15, 0.2) is 0 Å². The van der Waals surface area contributed by atoms with Crippen molar-refractivity contribution in [1.29, 1.82) is 0 Å². The van der Waals surface area contributed by atoms with Crippen LogP contribution in [0.4, 0.5) is 11.4 Å². The lowest BCUT2D eigenvalue weighted by Gasteiger charge is -2.55. The normalized spacial score (nSPS) is 16.6. The molecular formula is C27H42N2. The maximum absolute atomic E-state index is 4.50. The quantitative estimate of drug-likeness (QED) is 0.586. The number of rotatable bonds is 3. The molecule has 2 aromatic rings. The molecular weight excluding hydrogens is 352 g/mol. The van der Waals surface area contributed by atoms with E-state index in [2.05, 4.69) is 107 Å². The van der Waals surface area contributed by atoms with E-state index in [0.29, 0.717) is 0 Å². The number of anilines is 2. The van der Waals surface area contributed by atoms with Crippen LogP contribution in [0.15, 0.2) is 54.6 Å². The Bertz CT molecular complexity index is 727. The number of nitrogens with zero attached hydrogens (tertiary/aromatic N) is 1.